The average Bonchev–Trinajstić information content (AvgIpc) is 2.66. The Kier molecular flexibility index (Phi) is 15.2. The molecule has 0 aromatic heterocycles. The molecule has 0 saturated carbocycles. The van der Waals surface area contributed by atoms with Crippen molar-refractivity contribution >= 4 is 14.9 Å². The van der Waals surface area contributed by atoms with Crippen LogP contribution in [0.15, 0.2) is 4.99 Å². The van der Waals surface area contributed by atoms with E-state index in [4.69, 9.17) is 13.3 Å². The molecular formula is C20H41NO4Si. The second kappa shape index (κ2) is 15.5. The van der Waals surface area contributed by atoms with Gasteiger partial charge in [-0.3, -0.25) is 0 Å². The van der Waals surface area contributed by atoms with Crippen LogP contribution in [0.25, 0.3) is 0 Å². The third-order valence-electron chi connectivity index (χ3n) is 5.47. The van der Waals surface area contributed by atoms with E-state index in [1.54, 1.807) is 27.4 Å². The van der Waals surface area contributed by atoms with E-state index in [0.29, 0.717) is 23.9 Å². The highest BCUT2D eigenvalue weighted by molar-refractivity contribution is 6.62. The normalized spacial score (nSPS) is 15.3. The quantitative estimate of drug-likeness (QED) is 0.146. The Labute approximate surface area is 162 Å². The van der Waals surface area contributed by atoms with E-state index in [1.807, 2.05) is 0 Å². The van der Waals surface area contributed by atoms with Crippen LogP contribution in [0.3, 0.4) is 0 Å². The molecule has 0 aliphatic rings. The van der Waals surface area contributed by atoms with E-state index in [-0.39, 0.29) is 0 Å². The summed E-state index contributed by atoms with van der Waals surface area (Å²) >= 11 is 0. The molecule has 5 nitrogen and oxygen atoms in total. The Bertz CT molecular complexity index is 376. The van der Waals surface area contributed by atoms with Crippen molar-refractivity contribution in [3.63, 3.8) is 0 Å². The molecule has 0 bridgehead atoms. The molecule has 6 heteroatoms. The molecule has 0 heterocycles. The molecule has 0 spiro atoms. The fraction of sp³-hybridized carbons (Fsp3) is 0.950. The molecule has 0 aromatic carbocycles. The number of isocyanates is 1. The number of aliphatic imine (C=N–C) groups is 1. The van der Waals surface area contributed by atoms with Gasteiger partial charge in [0.1, 0.15) is 0 Å². The van der Waals surface area contributed by atoms with Gasteiger partial charge in [-0.25, -0.2) is 9.79 Å². The number of hydrogen-bond acceptors (Lipinski definition) is 5. The van der Waals surface area contributed by atoms with Crippen molar-refractivity contribution in [2.24, 2.45) is 16.8 Å². The summed E-state index contributed by atoms with van der Waals surface area (Å²) in [5, 5.41) is 0. The van der Waals surface area contributed by atoms with Crippen LogP contribution < -0.4 is 0 Å². The molecule has 0 aliphatic heterocycles. The number of unbranched alkanes of at least 4 members (excludes halogenated alkanes) is 1. The van der Waals surface area contributed by atoms with Gasteiger partial charge in [0.05, 0.1) is 6.54 Å². The second-order valence-corrected chi connectivity index (χ2v) is 10.3. The summed E-state index contributed by atoms with van der Waals surface area (Å²) in [6.07, 6.45) is 11.7. The van der Waals surface area contributed by atoms with Crippen molar-refractivity contribution in [3.05, 3.63) is 0 Å². The fourth-order valence-electron chi connectivity index (χ4n) is 4.35. The van der Waals surface area contributed by atoms with Gasteiger partial charge in [0.2, 0.25) is 6.08 Å². The minimum atomic E-state index is -2.69. The predicted molar refractivity (Wildman–Crippen MR) is 109 cm³/mol. The molecule has 0 saturated heterocycles. The minimum Gasteiger partial charge on any atom is -0.377 e. The summed E-state index contributed by atoms with van der Waals surface area (Å²) in [6, 6.07) is 0. The smallest absolute Gasteiger partial charge is 0.377 e. The maximum Gasteiger partial charge on any atom is 0.503 e. The van der Waals surface area contributed by atoms with Crippen molar-refractivity contribution < 1.29 is 18.1 Å². The Balaban J connectivity index is 5.44. The number of nitrogens with zero attached hydrogens (tertiary/aromatic N) is 1. The zero-order valence-electron chi connectivity index (χ0n) is 17.9. The minimum absolute atomic E-state index is 0.331. The van der Waals surface area contributed by atoms with E-state index < -0.39 is 8.80 Å². The third-order valence-corrected chi connectivity index (χ3v) is 8.80. The van der Waals surface area contributed by atoms with Gasteiger partial charge in [-0.1, -0.05) is 65.7 Å². The van der Waals surface area contributed by atoms with Crippen LogP contribution >= 0.6 is 0 Å². The first-order chi connectivity index (χ1) is 12.6. The van der Waals surface area contributed by atoms with Gasteiger partial charge in [-0.15, -0.1) is 0 Å². The first-order valence-electron chi connectivity index (χ1n) is 10.3. The molecule has 0 aromatic rings. The van der Waals surface area contributed by atoms with Gasteiger partial charge in [0.25, 0.3) is 0 Å². The van der Waals surface area contributed by atoms with E-state index in [0.717, 1.165) is 38.5 Å². The molecule has 0 fully saturated rings. The van der Waals surface area contributed by atoms with E-state index in [9.17, 15) is 4.79 Å². The summed E-state index contributed by atoms with van der Waals surface area (Å²) < 4.78 is 17.7. The molecule has 3 atom stereocenters. The molecule has 0 aliphatic carbocycles. The molecule has 0 amide bonds. The molecular weight excluding hydrogens is 346 g/mol. The number of rotatable bonds is 17. The lowest BCUT2D eigenvalue weighted by Crippen LogP contribution is -2.51. The number of hydrogen-bond donors (Lipinski definition) is 0. The molecule has 0 radical (unpaired) electrons. The first-order valence-corrected chi connectivity index (χ1v) is 12.1. The predicted octanol–water partition coefficient (Wildman–Crippen LogP) is 5.37. The number of carbonyl (C=O) groups excluding carboxylic acids is 1. The van der Waals surface area contributed by atoms with E-state index >= 15 is 0 Å². The van der Waals surface area contributed by atoms with E-state index in [2.05, 4.69) is 25.8 Å². The highest BCUT2D eigenvalue weighted by Crippen LogP contribution is 2.44. The van der Waals surface area contributed by atoms with Crippen LogP contribution in [0.5, 0.6) is 0 Å². The summed E-state index contributed by atoms with van der Waals surface area (Å²) in [6.45, 7) is 7.33. The van der Waals surface area contributed by atoms with Crippen LogP contribution in [-0.2, 0) is 18.1 Å². The van der Waals surface area contributed by atoms with Crippen LogP contribution in [0.1, 0.15) is 78.6 Å². The zero-order valence-corrected chi connectivity index (χ0v) is 18.9. The molecule has 3 unspecified atom stereocenters. The third kappa shape index (κ3) is 8.01. The second-order valence-electron chi connectivity index (χ2n) is 7.08. The van der Waals surface area contributed by atoms with Crippen molar-refractivity contribution in [1.29, 1.82) is 0 Å². The van der Waals surface area contributed by atoms with Gasteiger partial charge in [-0.05, 0) is 24.7 Å². The summed E-state index contributed by atoms with van der Waals surface area (Å²) in [7, 11) is 2.51. The monoisotopic (exact) mass is 387 g/mol. The largest absolute Gasteiger partial charge is 0.503 e. The first kappa shape index (κ1) is 25.5. The Hall–Kier alpha value is -0.523. The van der Waals surface area contributed by atoms with Gasteiger partial charge >= 0.3 is 8.80 Å². The van der Waals surface area contributed by atoms with Crippen molar-refractivity contribution in [2.45, 2.75) is 84.1 Å². The standard InChI is InChI=1S/C20H41NO4Si/c1-7-12-18(15-10-11-16-21-17-22)19(13-8-2)20(14-9-3)26(23-4,24-5)25-6/h18-20H,7-16H2,1-6H3. The van der Waals surface area contributed by atoms with Gasteiger partial charge in [-0.2, -0.15) is 0 Å². The molecule has 26 heavy (non-hydrogen) atoms. The van der Waals surface area contributed by atoms with Crippen LogP contribution in [0.4, 0.5) is 0 Å². The average molecular weight is 388 g/mol. The lowest BCUT2D eigenvalue weighted by atomic mass is 9.78. The highest BCUT2D eigenvalue weighted by Gasteiger charge is 2.51. The lowest BCUT2D eigenvalue weighted by Gasteiger charge is -2.41. The maximum atomic E-state index is 10.2. The topological polar surface area (TPSA) is 57.1 Å². The fourth-order valence-corrected chi connectivity index (χ4v) is 7.37. The summed E-state index contributed by atoms with van der Waals surface area (Å²) in [5.74, 6) is 1.17. The van der Waals surface area contributed by atoms with Crippen LogP contribution in [0, 0.1) is 11.8 Å². The van der Waals surface area contributed by atoms with Gasteiger partial charge in [0, 0.05) is 26.9 Å². The van der Waals surface area contributed by atoms with Crippen LogP contribution in [-0.4, -0.2) is 42.8 Å². The molecule has 0 rings (SSSR count). The molecule has 0 N–H and O–H groups in total. The lowest BCUT2D eigenvalue weighted by molar-refractivity contribution is 0.0857. The summed E-state index contributed by atoms with van der Waals surface area (Å²) in [4.78, 5) is 13.9. The zero-order chi connectivity index (χ0) is 19.8. The molecule has 154 valence electrons. The SMILES string of the molecule is CCCC(CCCCN=C=O)C(CCC)C(CCC)[Si](OC)(OC)OC. The van der Waals surface area contributed by atoms with Gasteiger partial charge < -0.3 is 13.3 Å². The highest BCUT2D eigenvalue weighted by atomic mass is 28.4. The Morgan fingerprint density at radius 2 is 1.42 bits per heavy atom. The van der Waals surface area contributed by atoms with Gasteiger partial charge in [0.15, 0.2) is 0 Å². The Morgan fingerprint density at radius 1 is 0.846 bits per heavy atom. The maximum absolute atomic E-state index is 10.2. The summed E-state index contributed by atoms with van der Waals surface area (Å²) in [5.41, 5.74) is 0.331. The van der Waals surface area contributed by atoms with Crippen LogP contribution in [0.2, 0.25) is 5.54 Å². The Morgan fingerprint density at radius 3 is 1.88 bits per heavy atom. The van der Waals surface area contributed by atoms with Crippen molar-refractivity contribution in [1.82, 2.24) is 0 Å². The van der Waals surface area contributed by atoms with Crippen molar-refractivity contribution in [2.75, 3.05) is 27.9 Å². The van der Waals surface area contributed by atoms with E-state index in [1.165, 1.54) is 19.3 Å². The van der Waals surface area contributed by atoms with Crippen molar-refractivity contribution in [3.8, 4) is 0 Å².